The molecule has 0 bridgehead atoms. The van der Waals surface area contributed by atoms with E-state index in [1.54, 1.807) is 0 Å². The summed E-state index contributed by atoms with van der Waals surface area (Å²) in [7, 11) is 0. The van der Waals surface area contributed by atoms with Crippen LogP contribution in [0, 0.1) is 11.3 Å². The monoisotopic (exact) mass is 459 g/mol. The minimum Gasteiger partial charge on any atom is -0.356 e. The van der Waals surface area contributed by atoms with Crippen molar-refractivity contribution in [3.8, 4) is 0 Å². The van der Waals surface area contributed by atoms with Gasteiger partial charge in [0.2, 0.25) is 11.8 Å². The third-order valence-corrected chi connectivity index (χ3v) is 8.69. The summed E-state index contributed by atoms with van der Waals surface area (Å²) >= 11 is 0. The quantitative estimate of drug-likeness (QED) is 0.613. The predicted molar refractivity (Wildman–Crippen MR) is 133 cm³/mol. The second kappa shape index (κ2) is 9.89. The van der Waals surface area contributed by atoms with Gasteiger partial charge in [0, 0.05) is 37.9 Å². The molecule has 0 radical (unpaired) electrons. The van der Waals surface area contributed by atoms with Crippen molar-refractivity contribution < 1.29 is 9.59 Å². The van der Waals surface area contributed by atoms with Crippen LogP contribution in [0.5, 0.6) is 0 Å². The average Bonchev–Trinajstić information content (AvgIpc) is 3.61. The van der Waals surface area contributed by atoms with Gasteiger partial charge < -0.3 is 10.2 Å². The number of hydrogen-bond donors (Lipinski definition) is 1. The summed E-state index contributed by atoms with van der Waals surface area (Å²) in [6, 6.07) is 14.5. The van der Waals surface area contributed by atoms with Gasteiger partial charge in [0.1, 0.15) is 0 Å². The second-order valence-electron chi connectivity index (χ2n) is 10.7. The van der Waals surface area contributed by atoms with Gasteiger partial charge in [-0.05, 0) is 73.6 Å². The molecule has 5 rings (SSSR count). The van der Waals surface area contributed by atoms with Crippen molar-refractivity contribution in [2.24, 2.45) is 11.3 Å². The van der Waals surface area contributed by atoms with Crippen LogP contribution < -0.4 is 5.32 Å². The Balaban J connectivity index is 1.13. The number of likely N-dealkylation sites (tertiary alicyclic amines) is 1. The standard InChI is InChI=1S/C29H37N3O2/c33-26(31-17-7-8-23-11-18-30-19-12-23)25-22-28(25)15-20-32(21-16-28)27(34)29(13-5-2-6-14-29)24-9-3-1-4-10-24/h1,3-4,9-12,18-19,25H,2,5-8,13-17,20-22H2,(H,31,33)/t25-/m0/s1. The van der Waals surface area contributed by atoms with E-state index in [1.807, 2.05) is 30.6 Å². The van der Waals surface area contributed by atoms with Crippen molar-refractivity contribution in [2.45, 2.75) is 69.6 Å². The smallest absolute Gasteiger partial charge is 0.233 e. The maximum atomic E-state index is 13.9. The fourth-order valence-electron chi connectivity index (χ4n) is 6.44. The van der Waals surface area contributed by atoms with Crippen LogP contribution in [0.25, 0.3) is 0 Å². The highest BCUT2D eigenvalue weighted by molar-refractivity contribution is 5.89. The van der Waals surface area contributed by atoms with Crippen LogP contribution >= 0.6 is 0 Å². The first-order chi connectivity index (χ1) is 16.6. The predicted octanol–water partition coefficient (Wildman–Crippen LogP) is 4.66. The number of hydrogen-bond acceptors (Lipinski definition) is 3. The molecule has 0 unspecified atom stereocenters. The Kier molecular flexibility index (Phi) is 6.71. The molecule has 1 aromatic carbocycles. The maximum absolute atomic E-state index is 13.9. The van der Waals surface area contributed by atoms with Crippen molar-refractivity contribution in [2.75, 3.05) is 19.6 Å². The number of nitrogens with zero attached hydrogens (tertiary/aromatic N) is 2. The van der Waals surface area contributed by atoms with Crippen LogP contribution in [-0.2, 0) is 21.4 Å². The summed E-state index contributed by atoms with van der Waals surface area (Å²) in [5.41, 5.74) is 2.23. The van der Waals surface area contributed by atoms with Gasteiger partial charge in [-0.3, -0.25) is 14.6 Å². The second-order valence-corrected chi connectivity index (χ2v) is 10.7. The van der Waals surface area contributed by atoms with Crippen LogP contribution in [0.4, 0.5) is 0 Å². The van der Waals surface area contributed by atoms with E-state index in [2.05, 4.69) is 39.5 Å². The van der Waals surface area contributed by atoms with Crippen molar-refractivity contribution in [3.05, 3.63) is 66.0 Å². The number of aryl methyl sites for hydroxylation is 1. The van der Waals surface area contributed by atoms with E-state index >= 15 is 0 Å². The number of rotatable bonds is 7. The normalized spacial score (nSPS) is 22.8. The van der Waals surface area contributed by atoms with Crippen molar-refractivity contribution in [3.63, 3.8) is 0 Å². The Bertz CT molecular complexity index is 977. The largest absolute Gasteiger partial charge is 0.356 e. The Labute approximate surface area is 203 Å². The molecule has 34 heavy (non-hydrogen) atoms. The van der Waals surface area contributed by atoms with Crippen LogP contribution in [-0.4, -0.2) is 41.3 Å². The molecular formula is C29H37N3O2. The van der Waals surface area contributed by atoms with Gasteiger partial charge in [-0.25, -0.2) is 0 Å². The minimum atomic E-state index is -0.348. The number of carbonyl (C=O) groups is 2. The van der Waals surface area contributed by atoms with E-state index < -0.39 is 0 Å². The van der Waals surface area contributed by atoms with E-state index in [4.69, 9.17) is 0 Å². The van der Waals surface area contributed by atoms with E-state index in [-0.39, 0.29) is 22.7 Å². The first kappa shape index (κ1) is 23.1. The molecule has 2 amide bonds. The van der Waals surface area contributed by atoms with Gasteiger partial charge in [-0.1, -0.05) is 49.6 Å². The molecule has 2 saturated carbocycles. The molecule has 1 spiro atoms. The molecule has 1 saturated heterocycles. The van der Waals surface area contributed by atoms with Crippen molar-refractivity contribution in [1.29, 1.82) is 0 Å². The van der Waals surface area contributed by atoms with Crippen LogP contribution in [0.1, 0.15) is 68.9 Å². The number of amides is 2. The third-order valence-electron chi connectivity index (χ3n) is 8.69. The number of nitrogens with one attached hydrogen (secondary N) is 1. The summed E-state index contributed by atoms with van der Waals surface area (Å²) in [5.74, 6) is 0.664. The fraction of sp³-hybridized carbons (Fsp3) is 0.552. The molecular weight excluding hydrogens is 422 g/mol. The zero-order valence-corrected chi connectivity index (χ0v) is 20.2. The summed E-state index contributed by atoms with van der Waals surface area (Å²) < 4.78 is 0. The summed E-state index contributed by atoms with van der Waals surface area (Å²) in [6.07, 6.45) is 13.8. The molecule has 180 valence electrons. The molecule has 2 aromatic rings. The molecule has 5 heteroatoms. The SMILES string of the molecule is O=C(NCCCc1ccncc1)[C@@H]1CC12CCN(C(=O)C1(c3ccccc3)CCCCC1)CC2. The highest BCUT2D eigenvalue weighted by Gasteiger charge is 2.59. The summed E-state index contributed by atoms with van der Waals surface area (Å²) in [4.78, 5) is 32.8. The number of aromatic nitrogens is 1. The molecule has 3 aliphatic rings. The number of piperidine rings is 1. The van der Waals surface area contributed by atoms with Crippen molar-refractivity contribution >= 4 is 11.8 Å². The van der Waals surface area contributed by atoms with Gasteiger partial charge in [0.15, 0.2) is 0 Å². The van der Waals surface area contributed by atoms with Gasteiger partial charge in [0.25, 0.3) is 0 Å². The van der Waals surface area contributed by atoms with Gasteiger partial charge in [0.05, 0.1) is 5.41 Å². The Hall–Kier alpha value is -2.69. The zero-order valence-electron chi connectivity index (χ0n) is 20.2. The lowest BCUT2D eigenvalue weighted by molar-refractivity contribution is -0.140. The molecule has 1 aromatic heterocycles. The highest BCUT2D eigenvalue weighted by Crippen LogP contribution is 2.59. The van der Waals surface area contributed by atoms with E-state index in [1.165, 1.54) is 17.5 Å². The zero-order chi connectivity index (χ0) is 23.4. The minimum absolute atomic E-state index is 0.123. The molecule has 1 N–H and O–H groups in total. The first-order valence-corrected chi connectivity index (χ1v) is 13.1. The fourth-order valence-corrected chi connectivity index (χ4v) is 6.44. The van der Waals surface area contributed by atoms with Gasteiger partial charge in [-0.2, -0.15) is 0 Å². The summed E-state index contributed by atoms with van der Waals surface area (Å²) in [6.45, 7) is 2.30. The van der Waals surface area contributed by atoms with E-state index in [9.17, 15) is 9.59 Å². The number of carbonyl (C=O) groups excluding carboxylic acids is 2. The van der Waals surface area contributed by atoms with E-state index in [0.717, 1.165) is 77.4 Å². The summed E-state index contributed by atoms with van der Waals surface area (Å²) in [5, 5.41) is 3.16. The van der Waals surface area contributed by atoms with Crippen LogP contribution in [0.2, 0.25) is 0 Å². The first-order valence-electron chi connectivity index (χ1n) is 13.1. The Morgan fingerprint density at radius 3 is 2.35 bits per heavy atom. The Morgan fingerprint density at radius 1 is 0.941 bits per heavy atom. The molecule has 2 aliphatic carbocycles. The van der Waals surface area contributed by atoms with Crippen LogP contribution in [0.3, 0.4) is 0 Å². The van der Waals surface area contributed by atoms with Crippen molar-refractivity contribution in [1.82, 2.24) is 15.2 Å². The Morgan fingerprint density at radius 2 is 1.65 bits per heavy atom. The lowest BCUT2D eigenvalue weighted by Crippen LogP contribution is -2.51. The third kappa shape index (κ3) is 4.62. The molecule has 1 atom stereocenters. The topological polar surface area (TPSA) is 62.3 Å². The molecule has 1 aliphatic heterocycles. The number of pyridine rings is 1. The number of benzene rings is 1. The van der Waals surface area contributed by atoms with Crippen LogP contribution in [0.15, 0.2) is 54.9 Å². The van der Waals surface area contributed by atoms with Gasteiger partial charge in [-0.15, -0.1) is 0 Å². The van der Waals surface area contributed by atoms with E-state index in [0.29, 0.717) is 5.91 Å². The molecule has 3 fully saturated rings. The maximum Gasteiger partial charge on any atom is 0.233 e. The average molecular weight is 460 g/mol. The molecule has 2 heterocycles. The molecule has 5 nitrogen and oxygen atoms in total. The van der Waals surface area contributed by atoms with Gasteiger partial charge >= 0.3 is 0 Å². The lowest BCUT2D eigenvalue weighted by Gasteiger charge is -2.43. The highest BCUT2D eigenvalue weighted by atomic mass is 16.2. The lowest BCUT2D eigenvalue weighted by atomic mass is 9.68.